The molecule has 6 heteroatoms. The first-order valence-corrected chi connectivity index (χ1v) is 10.2. The summed E-state index contributed by atoms with van der Waals surface area (Å²) in [5.41, 5.74) is 0.817. The summed E-state index contributed by atoms with van der Waals surface area (Å²) < 4.78 is 27.5. The molecule has 1 spiro atoms. The zero-order valence-corrected chi connectivity index (χ0v) is 16.0. The molecule has 2 heterocycles. The van der Waals surface area contributed by atoms with Crippen LogP contribution in [-0.4, -0.2) is 55.0 Å². The molecule has 27 heavy (non-hydrogen) atoms. The van der Waals surface area contributed by atoms with Gasteiger partial charge in [0.25, 0.3) is 0 Å². The van der Waals surface area contributed by atoms with E-state index in [4.69, 9.17) is 0 Å². The molecular formula is C21H29F2N3O. The third-order valence-electron chi connectivity index (χ3n) is 6.86. The first-order valence-electron chi connectivity index (χ1n) is 10.2. The number of piperazine rings is 1. The Kier molecular flexibility index (Phi) is 5.21. The molecule has 148 valence electrons. The predicted molar refractivity (Wildman–Crippen MR) is 100 cm³/mol. The van der Waals surface area contributed by atoms with Gasteiger partial charge >= 0.3 is 0 Å². The van der Waals surface area contributed by atoms with Crippen molar-refractivity contribution in [3.63, 3.8) is 0 Å². The number of hydrogen-bond acceptors (Lipinski definition) is 3. The Balaban J connectivity index is 1.36. The molecule has 2 aliphatic heterocycles. The summed E-state index contributed by atoms with van der Waals surface area (Å²) in [7, 11) is 0. The molecule has 1 aromatic carbocycles. The van der Waals surface area contributed by atoms with Crippen LogP contribution in [0, 0.1) is 23.0 Å². The van der Waals surface area contributed by atoms with E-state index in [9.17, 15) is 13.6 Å². The Morgan fingerprint density at radius 3 is 2.56 bits per heavy atom. The Morgan fingerprint density at radius 1 is 1.22 bits per heavy atom. The normalized spacial score (nSPS) is 26.2. The number of benzene rings is 1. The summed E-state index contributed by atoms with van der Waals surface area (Å²) in [6.07, 6.45) is 4.04. The van der Waals surface area contributed by atoms with E-state index < -0.39 is 11.6 Å². The second-order valence-electron chi connectivity index (χ2n) is 8.32. The van der Waals surface area contributed by atoms with Gasteiger partial charge in [-0.3, -0.25) is 9.69 Å². The Hall–Kier alpha value is -1.53. The first kappa shape index (κ1) is 18.8. The van der Waals surface area contributed by atoms with Crippen molar-refractivity contribution in [3.8, 4) is 0 Å². The number of carbonyl (C=O) groups is 1. The molecule has 2 atom stereocenters. The third kappa shape index (κ3) is 3.61. The van der Waals surface area contributed by atoms with Gasteiger partial charge in [0.05, 0.1) is 0 Å². The van der Waals surface area contributed by atoms with Crippen molar-refractivity contribution in [2.75, 3.05) is 39.3 Å². The van der Waals surface area contributed by atoms with Gasteiger partial charge in [0.1, 0.15) is 11.6 Å². The molecule has 4 rings (SSSR count). The molecule has 1 aromatic rings. The van der Waals surface area contributed by atoms with Gasteiger partial charge in [0.15, 0.2) is 0 Å². The van der Waals surface area contributed by atoms with Crippen molar-refractivity contribution in [1.29, 1.82) is 0 Å². The molecule has 1 amide bonds. The van der Waals surface area contributed by atoms with Crippen LogP contribution in [0.5, 0.6) is 0 Å². The minimum absolute atomic E-state index is 0.0699. The van der Waals surface area contributed by atoms with E-state index in [0.29, 0.717) is 24.6 Å². The first-order chi connectivity index (χ1) is 13.0. The van der Waals surface area contributed by atoms with Gasteiger partial charge in [0, 0.05) is 49.8 Å². The van der Waals surface area contributed by atoms with Gasteiger partial charge in [-0.05, 0) is 50.3 Å². The largest absolute Gasteiger partial charge is 0.340 e. The van der Waals surface area contributed by atoms with Crippen molar-refractivity contribution in [1.82, 2.24) is 15.1 Å². The maximum Gasteiger partial charge on any atom is 0.226 e. The van der Waals surface area contributed by atoms with E-state index in [1.807, 2.05) is 11.8 Å². The fraction of sp³-hybridized carbons (Fsp3) is 0.667. The highest BCUT2D eigenvalue weighted by Crippen LogP contribution is 2.59. The maximum atomic E-state index is 14.2. The van der Waals surface area contributed by atoms with Crippen LogP contribution in [0.25, 0.3) is 0 Å². The van der Waals surface area contributed by atoms with E-state index in [1.165, 1.54) is 6.07 Å². The maximum absolute atomic E-state index is 14.2. The van der Waals surface area contributed by atoms with Gasteiger partial charge in [-0.15, -0.1) is 0 Å². The molecule has 2 saturated heterocycles. The van der Waals surface area contributed by atoms with Crippen LogP contribution in [0.4, 0.5) is 8.78 Å². The Labute approximate surface area is 159 Å². The lowest BCUT2D eigenvalue weighted by Gasteiger charge is -2.39. The monoisotopic (exact) mass is 377 g/mol. The summed E-state index contributed by atoms with van der Waals surface area (Å²) in [6, 6.07) is 3.77. The second-order valence-corrected chi connectivity index (χ2v) is 8.32. The van der Waals surface area contributed by atoms with Crippen molar-refractivity contribution >= 4 is 5.91 Å². The van der Waals surface area contributed by atoms with Gasteiger partial charge in [-0.2, -0.15) is 0 Å². The number of piperidine rings is 1. The highest BCUT2D eigenvalue weighted by Gasteiger charge is 2.58. The molecule has 0 aromatic heterocycles. The number of nitrogens with zero attached hydrogens (tertiary/aromatic N) is 2. The molecule has 3 fully saturated rings. The molecule has 0 bridgehead atoms. The second kappa shape index (κ2) is 7.47. The molecule has 4 nitrogen and oxygen atoms in total. The summed E-state index contributed by atoms with van der Waals surface area (Å²) in [4.78, 5) is 17.2. The molecule has 0 radical (unpaired) electrons. The van der Waals surface area contributed by atoms with Crippen LogP contribution in [0.2, 0.25) is 0 Å². The van der Waals surface area contributed by atoms with E-state index in [2.05, 4.69) is 10.2 Å². The van der Waals surface area contributed by atoms with Gasteiger partial charge in [0.2, 0.25) is 5.91 Å². The number of nitrogens with one attached hydrogen (secondary N) is 1. The van der Waals surface area contributed by atoms with Gasteiger partial charge in [-0.1, -0.05) is 13.0 Å². The molecule has 2 unspecified atom stereocenters. The summed E-state index contributed by atoms with van der Waals surface area (Å²) in [5, 5.41) is 3.38. The van der Waals surface area contributed by atoms with E-state index in [-0.39, 0.29) is 17.4 Å². The van der Waals surface area contributed by atoms with Crippen molar-refractivity contribution < 1.29 is 13.6 Å². The quantitative estimate of drug-likeness (QED) is 0.876. The molecular weight excluding hydrogens is 348 g/mol. The summed E-state index contributed by atoms with van der Waals surface area (Å²) in [5.74, 6) is -0.496. The number of amides is 1. The van der Waals surface area contributed by atoms with Crippen molar-refractivity contribution in [2.45, 2.75) is 38.6 Å². The molecule has 1 N–H and O–H groups in total. The summed E-state index contributed by atoms with van der Waals surface area (Å²) >= 11 is 0. The standard InChI is InChI=1S/C21H29F2N3O/c1-2-19(16-4-3-15(22)13-18(16)23)25-9-11-26(12-10-25)20(27)17-14-21(17)5-7-24-8-6-21/h3-4,13,17,19,24H,2,5-12,14H2,1H3. The summed E-state index contributed by atoms with van der Waals surface area (Å²) in [6.45, 7) is 6.95. The van der Waals surface area contributed by atoms with E-state index in [1.54, 1.807) is 6.07 Å². The van der Waals surface area contributed by atoms with Crippen LogP contribution in [0.15, 0.2) is 18.2 Å². The molecule has 1 saturated carbocycles. The Morgan fingerprint density at radius 2 is 1.93 bits per heavy atom. The van der Waals surface area contributed by atoms with Crippen molar-refractivity contribution in [3.05, 3.63) is 35.4 Å². The topological polar surface area (TPSA) is 35.6 Å². The molecule has 1 aliphatic carbocycles. The number of carbonyl (C=O) groups excluding carboxylic acids is 1. The van der Waals surface area contributed by atoms with Crippen LogP contribution in [0.1, 0.15) is 44.2 Å². The van der Waals surface area contributed by atoms with Gasteiger partial charge in [-0.25, -0.2) is 8.78 Å². The molecule has 3 aliphatic rings. The van der Waals surface area contributed by atoms with Gasteiger partial charge < -0.3 is 10.2 Å². The lowest BCUT2D eigenvalue weighted by molar-refractivity contribution is -0.135. The third-order valence-corrected chi connectivity index (χ3v) is 6.86. The number of halogens is 2. The Bertz CT molecular complexity index is 697. The number of rotatable bonds is 4. The van der Waals surface area contributed by atoms with Crippen LogP contribution in [0.3, 0.4) is 0 Å². The minimum Gasteiger partial charge on any atom is -0.340 e. The van der Waals surface area contributed by atoms with Crippen molar-refractivity contribution in [2.24, 2.45) is 11.3 Å². The zero-order chi connectivity index (χ0) is 19.0. The zero-order valence-electron chi connectivity index (χ0n) is 16.0. The van der Waals surface area contributed by atoms with E-state index in [0.717, 1.165) is 57.9 Å². The lowest BCUT2D eigenvalue weighted by atomic mass is 9.91. The predicted octanol–water partition coefficient (Wildman–Crippen LogP) is 2.95. The lowest BCUT2D eigenvalue weighted by Crippen LogP contribution is -2.50. The highest BCUT2D eigenvalue weighted by molar-refractivity contribution is 5.83. The van der Waals surface area contributed by atoms with Crippen LogP contribution < -0.4 is 5.32 Å². The fourth-order valence-electron chi connectivity index (χ4n) is 5.10. The average molecular weight is 377 g/mol. The fourth-order valence-corrected chi connectivity index (χ4v) is 5.10. The number of hydrogen-bond donors (Lipinski definition) is 1. The van der Waals surface area contributed by atoms with Crippen LogP contribution >= 0.6 is 0 Å². The SMILES string of the molecule is CCC(c1ccc(F)cc1F)N1CCN(C(=O)C2CC23CCNCC3)CC1. The minimum atomic E-state index is -0.544. The van der Waals surface area contributed by atoms with Crippen LogP contribution in [-0.2, 0) is 4.79 Å². The highest BCUT2D eigenvalue weighted by atomic mass is 19.1. The smallest absolute Gasteiger partial charge is 0.226 e. The average Bonchev–Trinajstić information content (AvgIpc) is 3.37. The van der Waals surface area contributed by atoms with E-state index >= 15 is 0 Å².